The lowest BCUT2D eigenvalue weighted by molar-refractivity contribution is -0.142. The lowest BCUT2D eigenvalue weighted by atomic mass is 9.78. The van der Waals surface area contributed by atoms with Crippen molar-refractivity contribution in [1.29, 1.82) is 5.26 Å². The molecule has 1 atom stereocenters. The van der Waals surface area contributed by atoms with Crippen LogP contribution < -0.4 is 5.32 Å². The molecule has 0 aliphatic carbocycles. The van der Waals surface area contributed by atoms with E-state index in [2.05, 4.69) is 5.32 Å². The molecule has 0 saturated carbocycles. The van der Waals surface area contributed by atoms with E-state index >= 15 is 0 Å². The molecule has 1 N–H and O–H groups in total. The van der Waals surface area contributed by atoms with Gasteiger partial charge in [-0.1, -0.05) is 47.5 Å². The second-order valence-corrected chi connectivity index (χ2v) is 9.74. The Labute approximate surface area is 239 Å². The molecule has 0 spiro atoms. The molecule has 12 heteroatoms. The van der Waals surface area contributed by atoms with E-state index in [1.807, 2.05) is 4.90 Å². The summed E-state index contributed by atoms with van der Waals surface area (Å²) in [7, 11) is 1.78. The molecule has 0 radical (unpaired) electrons. The molecule has 212 valence electrons. The van der Waals surface area contributed by atoms with Crippen LogP contribution in [0.25, 0.3) is 0 Å². The summed E-state index contributed by atoms with van der Waals surface area (Å²) in [4.78, 5) is 28.2. The van der Waals surface area contributed by atoms with Crippen molar-refractivity contribution in [2.45, 2.75) is 32.5 Å². The zero-order chi connectivity index (χ0) is 29.6. The zero-order valence-corrected chi connectivity index (χ0v) is 23.4. The van der Waals surface area contributed by atoms with Crippen LogP contribution in [0.1, 0.15) is 36.5 Å². The van der Waals surface area contributed by atoms with E-state index in [4.69, 9.17) is 32.7 Å². The van der Waals surface area contributed by atoms with Crippen molar-refractivity contribution in [3.8, 4) is 6.07 Å². The van der Waals surface area contributed by atoms with E-state index < -0.39 is 35.2 Å². The van der Waals surface area contributed by atoms with Gasteiger partial charge in [0.05, 0.1) is 39.3 Å². The third kappa shape index (κ3) is 7.16. The minimum atomic E-state index is -4.80. The van der Waals surface area contributed by atoms with Gasteiger partial charge in [-0.2, -0.15) is 18.4 Å². The smallest absolute Gasteiger partial charge is 0.416 e. The lowest BCUT2D eigenvalue weighted by Crippen LogP contribution is -2.34. The van der Waals surface area contributed by atoms with Gasteiger partial charge in [0.2, 0.25) is 0 Å². The van der Waals surface area contributed by atoms with E-state index in [1.165, 1.54) is 32.0 Å². The van der Waals surface area contributed by atoms with Gasteiger partial charge in [0.1, 0.15) is 18.4 Å². The maximum atomic E-state index is 14.0. The molecule has 0 bridgehead atoms. The van der Waals surface area contributed by atoms with E-state index in [-0.39, 0.29) is 42.3 Å². The number of carbonyl (C=O) groups is 2. The van der Waals surface area contributed by atoms with Crippen molar-refractivity contribution in [3.63, 3.8) is 0 Å². The Balaban J connectivity index is 1.92. The molecule has 1 unspecified atom stereocenters. The van der Waals surface area contributed by atoms with Crippen LogP contribution in [0.15, 0.2) is 65.0 Å². The summed E-state index contributed by atoms with van der Waals surface area (Å²) in [6.45, 7) is 3.48. The number of nitriles is 1. The molecule has 1 heterocycles. The molecule has 2 aromatic carbocycles. The average Bonchev–Trinajstić information content (AvgIpc) is 2.89. The van der Waals surface area contributed by atoms with Crippen LogP contribution in [-0.4, -0.2) is 43.6 Å². The maximum Gasteiger partial charge on any atom is 0.416 e. The average molecular weight is 596 g/mol. The van der Waals surface area contributed by atoms with Crippen molar-refractivity contribution in [2.24, 2.45) is 0 Å². The molecular weight excluding hydrogens is 570 g/mol. The summed E-state index contributed by atoms with van der Waals surface area (Å²) in [6, 6.07) is 11.6. The SMILES string of the molecule is CCOC(=O)C1=C(C#N)NC(C)=C(C(=O)OCCN(C)Cc2ccc(Cl)c(Cl)c2)C1c1ccccc1C(F)(F)F. The Bertz CT molecular complexity index is 1400. The van der Waals surface area contributed by atoms with Crippen molar-refractivity contribution in [2.75, 3.05) is 26.8 Å². The number of nitrogens with one attached hydrogen (secondary N) is 1. The Morgan fingerprint density at radius 2 is 1.75 bits per heavy atom. The number of rotatable bonds is 9. The number of hydrogen-bond acceptors (Lipinski definition) is 7. The fourth-order valence-corrected chi connectivity index (χ4v) is 4.65. The molecule has 2 aromatic rings. The normalized spacial score (nSPS) is 15.6. The monoisotopic (exact) mass is 595 g/mol. The second kappa shape index (κ2) is 13.2. The minimum absolute atomic E-state index is 0.0840. The van der Waals surface area contributed by atoms with E-state index in [0.29, 0.717) is 16.6 Å². The molecule has 3 rings (SSSR count). The van der Waals surface area contributed by atoms with Gasteiger partial charge in [0.15, 0.2) is 0 Å². The number of allylic oxidation sites excluding steroid dienone is 2. The number of likely N-dealkylation sites (N-methyl/N-ethyl adjacent to an activating group) is 1. The van der Waals surface area contributed by atoms with E-state index in [0.717, 1.165) is 11.6 Å². The molecule has 7 nitrogen and oxygen atoms in total. The summed E-state index contributed by atoms with van der Waals surface area (Å²) >= 11 is 12.0. The molecular formula is C28H26Cl2F3N3O4. The zero-order valence-electron chi connectivity index (χ0n) is 21.9. The van der Waals surface area contributed by atoms with Crippen molar-refractivity contribution < 1.29 is 32.2 Å². The van der Waals surface area contributed by atoms with Crippen LogP contribution in [0.3, 0.4) is 0 Å². The minimum Gasteiger partial charge on any atom is -0.463 e. The predicted molar refractivity (Wildman–Crippen MR) is 143 cm³/mol. The number of halogens is 5. The van der Waals surface area contributed by atoms with Crippen LogP contribution in [0, 0.1) is 11.3 Å². The molecule has 40 heavy (non-hydrogen) atoms. The highest BCUT2D eigenvalue weighted by atomic mass is 35.5. The van der Waals surface area contributed by atoms with Crippen LogP contribution >= 0.6 is 23.2 Å². The Hall–Kier alpha value is -3.52. The van der Waals surface area contributed by atoms with Gasteiger partial charge < -0.3 is 14.8 Å². The van der Waals surface area contributed by atoms with Gasteiger partial charge in [0.25, 0.3) is 0 Å². The molecule has 0 amide bonds. The number of alkyl halides is 3. The number of carbonyl (C=O) groups excluding carboxylic acids is 2. The highest BCUT2D eigenvalue weighted by Crippen LogP contribution is 2.44. The highest BCUT2D eigenvalue weighted by molar-refractivity contribution is 6.42. The number of esters is 2. The molecule has 0 aromatic heterocycles. The van der Waals surface area contributed by atoms with Gasteiger partial charge in [0, 0.05) is 18.8 Å². The predicted octanol–water partition coefficient (Wildman–Crippen LogP) is 5.99. The summed E-state index contributed by atoms with van der Waals surface area (Å²) in [6.07, 6.45) is -4.80. The first-order chi connectivity index (χ1) is 18.9. The Kier molecular flexibility index (Phi) is 10.3. The third-order valence-electron chi connectivity index (χ3n) is 6.11. The number of nitrogens with zero attached hydrogens (tertiary/aromatic N) is 2. The van der Waals surface area contributed by atoms with Gasteiger partial charge in [-0.3, -0.25) is 4.90 Å². The summed E-state index contributed by atoms with van der Waals surface area (Å²) in [5.41, 5.74) is -1.43. The molecule has 0 saturated heterocycles. The first-order valence-electron chi connectivity index (χ1n) is 12.1. The summed E-state index contributed by atoms with van der Waals surface area (Å²) < 4.78 is 52.6. The van der Waals surface area contributed by atoms with Gasteiger partial charge >= 0.3 is 18.1 Å². The topological polar surface area (TPSA) is 91.7 Å². The van der Waals surface area contributed by atoms with Crippen LogP contribution in [0.2, 0.25) is 10.0 Å². The van der Waals surface area contributed by atoms with Gasteiger partial charge in [-0.15, -0.1) is 0 Å². The summed E-state index contributed by atoms with van der Waals surface area (Å²) in [5, 5.41) is 13.2. The third-order valence-corrected chi connectivity index (χ3v) is 6.85. The lowest BCUT2D eigenvalue weighted by Gasteiger charge is -2.31. The molecule has 0 fully saturated rings. The first-order valence-corrected chi connectivity index (χ1v) is 12.9. The van der Waals surface area contributed by atoms with Gasteiger partial charge in [-0.05, 0) is 50.2 Å². The highest BCUT2D eigenvalue weighted by Gasteiger charge is 2.44. The van der Waals surface area contributed by atoms with Crippen LogP contribution in [0.5, 0.6) is 0 Å². The largest absolute Gasteiger partial charge is 0.463 e. The molecule has 1 aliphatic heterocycles. The van der Waals surface area contributed by atoms with Gasteiger partial charge in [-0.25, -0.2) is 9.59 Å². The summed E-state index contributed by atoms with van der Waals surface area (Å²) in [5.74, 6) is -3.52. The standard InChI is InChI=1S/C28H26Cl2F3N3O4/c1-4-39-27(38)25-22(14-34)35-16(2)23(24(25)18-7-5-6-8-19(18)28(31,32)33)26(37)40-12-11-36(3)15-17-9-10-20(29)21(30)13-17/h5-10,13,24,35H,4,11-12,15H2,1-3H3. The van der Waals surface area contributed by atoms with Crippen molar-refractivity contribution in [3.05, 3.63) is 91.7 Å². The number of ether oxygens (including phenoxy) is 2. The molecule has 1 aliphatic rings. The van der Waals surface area contributed by atoms with Crippen LogP contribution in [-0.2, 0) is 31.8 Å². The fourth-order valence-electron chi connectivity index (χ4n) is 4.33. The Morgan fingerprint density at radius 1 is 1.07 bits per heavy atom. The van der Waals surface area contributed by atoms with E-state index in [1.54, 1.807) is 31.3 Å². The Morgan fingerprint density at radius 3 is 2.38 bits per heavy atom. The van der Waals surface area contributed by atoms with Crippen LogP contribution in [0.4, 0.5) is 13.2 Å². The maximum absolute atomic E-state index is 14.0. The van der Waals surface area contributed by atoms with E-state index in [9.17, 15) is 28.0 Å². The number of dihydropyridines is 1. The number of benzene rings is 2. The van der Waals surface area contributed by atoms with Crippen molar-refractivity contribution >= 4 is 35.1 Å². The van der Waals surface area contributed by atoms with Crippen molar-refractivity contribution in [1.82, 2.24) is 10.2 Å². The number of hydrogen-bond donors (Lipinski definition) is 1. The fraction of sp³-hybridized carbons (Fsp3) is 0.321. The second-order valence-electron chi connectivity index (χ2n) is 8.92. The first kappa shape index (κ1) is 31.0. The quantitative estimate of drug-likeness (QED) is 0.356.